The maximum atomic E-state index is 11.6. The molecule has 16 heavy (non-hydrogen) atoms. The van der Waals surface area contributed by atoms with Crippen LogP contribution in [0.5, 0.6) is 0 Å². The van der Waals surface area contributed by atoms with Crippen LogP contribution in [0.25, 0.3) is 10.9 Å². The van der Waals surface area contributed by atoms with Crippen molar-refractivity contribution < 1.29 is 9.53 Å². The van der Waals surface area contributed by atoms with E-state index in [0.29, 0.717) is 5.69 Å². The molecule has 0 saturated heterocycles. The third-order valence-corrected chi connectivity index (χ3v) is 2.91. The fraction of sp³-hybridized carbons (Fsp3) is 0.308. The van der Waals surface area contributed by atoms with Crippen LogP contribution in [0.3, 0.4) is 0 Å². The lowest BCUT2D eigenvalue weighted by atomic mass is 10.1. The van der Waals surface area contributed by atoms with Gasteiger partial charge in [0.25, 0.3) is 0 Å². The molecule has 0 amide bonds. The van der Waals surface area contributed by atoms with Crippen molar-refractivity contribution in [3.63, 3.8) is 0 Å². The van der Waals surface area contributed by atoms with Gasteiger partial charge in [0.1, 0.15) is 5.69 Å². The summed E-state index contributed by atoms with van der Waals surface area (Å²) >= 11 is 0. The van der Waals surface area contributed by atoms with Gasteiger partial charge in [-0.2, -0.15) is 0 Å². The average molecular weight is 217 g/mol. The van der Waals surface area contributed by atoms with Gasteiger partial charge in [-0.15, -0.1) is 0 Å². The van der Waals surface area contributed by atoms with Crippen LogP contribution in [-0.4, -0.2) is 17.6 Å². The molecule has 3 nitrogen and oxygen atoms in total. The van der Waals surface area contributed by atoms with Crippen LogP contribution >= 0.6 is 0 Å². The predicted molar refractivity (Wildman–Crippen MR) is 63.7 cm³/mol. The number of carbonyl (C=O) groups is 1. The highest BCUT2D eigenvalue weighted by Crippen LogP contribution is 2.24. The largest absolute Gasteiger partial charge is 0.464 e. The molecular weight excluding hydrogens is 202 g/mol. The van der Waals surface area contributed by atoms with Crippen LogP contribution < -0.4 is 0 Å². The van der Waals surface area contributed by atoms with Gasteiger partial charge in [0.05, 0.1) is 7.11 Å². The number of carbonyl (C=O) groups excluding carboxylic acids is 1. The van der Waals surface area contributed by atoms with Crippen LogP contribution in [0.15, 0.2) is 18.2 Å². The van der Waals surface area contributed by atoms with Crippen LogP contribution in [0.2, 0.25) is 0 Å². The number of hydrogen-bond donors (Lipinski definition) is 0. The van der Waals surface area contributed by atoms with Gasteiger partial charge in [0, 0.05) is 18.0 Å². The zero-order valence-corrected chi connectivity index (χ0v) is 10.00. The highest BCUT2D eigenvalue weighted by molar-refractivity contribution is 5.96. The van der Waals surface area contributed by atoms with Crippen LogP contribution in [0, 0.1) is 13.8 Å². The maximum absolute atomic E-state index is 11.6. The summed E-state index contributed by atoms with van der Waals surface area (Å²) in [5.41, 5.74) is 4.03. The molecule has 0 aliphatic heterocycles. The van der Waals surface area contributed by atoms with Gasteiger partial charge in [0.2, 0.25) is 0 Å². The number of esters is 1. The Morgan fingerprint density at radius 1 is 1.25 bits per heavy atom. The van der Waals surface area contributed by atoms with Crippen LogP contribution in [-0.2, 0) is 11.8 Å². The zero-order valence-electron chi connectivity index (χ0n) is 10.00. The standard InChI is InChI=1S/C13H15NO2/c1-8-5-9(2)10-7-12(13(15)16-4)14(3)11(10)6-8/h5-7H,1-4H3. The van der Waals surface area contributed by atoms with E-state index in [2.05, 4.69) is 26.0 Å². The van der Waals surface area contributed by atoms with Crippen molar-refractivity contribution in [3.8, 4) is 0 Å². The van der Waals surface area contributed by atoms with Gasteiger partial charge >= 0.3 is 5.97 Å². The minimum atomic E-state index is -0.296. The summed E-state index contributed by atoms with van der Waals surface area (Å²) in [6.07, 6.45) is 0. The number of aromatic nitrogens is 1. The molecule has 0 bridgehead atoms. The van der Waals surface area contributed by atoms with E-state index in [4.69, 9.17) is 4.74 Å². The summed E-state index contributed by atoms with van der Waals surface area (Å²) in [4.78, 5) is 11.6. The smallest absolute Gasteiger partial charge is 0.354 e. The van der Waals surface area contributed by atoms with Gasteiger partial charge in [-0.3, -0.25) is 0 Å². The molecule has 1 aromatic carbocycles. The lowest BCUT2D eigenvalue weighted by molar-refractivity contribution is 0.0590. The molecule has 0 aliphatic rings. The minimum Gasteiger partial charge on any atom is -0.464 e. The number of rotatable bonds is 1. The Labute approximate surface area is 94.6 Å². The van der Waals surface area contributed by atoms with Gasteiger partial charge in [-0.05, 0) is 37.1 Å². The fourth-order valence-corrected chi connectivity index (χ4v) is 2.09. The molecule has 0 spiro atoms. The van der Waals surface area contributed by atoms with E-state index in [1.807, 2.05) is 17.7 Å². The number of methoxy groups -OCH3 is 1. The second-order valence-corrected chi connectivity index (χ2v) is 4.09. The van der Waals surface area contributed by atoms with Crippen molar-refractivity contribution in [1.82, 2.24) is 4.57 Å². The molecule has 1 aromatic heterocycles. The molecule has 0 aliphatic carbocycles. The normalized spacial score (nSPS) is 10.8. The number of nitrogens with zero attached hydrogens (tertiary/aromatic N) is 1. The van der Waals surface area contributed by atoms with E-state index in [9.17, 15) is 4.79 Å². The monoisotopic (exact) mass is 217 g/mol. The molecule has 0 N–H and O–H groups in total. The molecule has 0 radical (unpaired) electrons. The van der Waals surface area contributed by atoms with Crippen LogP contribution in [0.4, 0.5) is 0 Å². The number of fused-ring (bicyclic) bond motifs is 1. The van der Waals surface area contributed by atoms with E-state index >= 15 is 0 Å². The predicted octanol–water partition coefficient (Wildman–Crippen LogP) is 2.58. The summed E-state index contributed by atoms with van der Waals surface area (Å²) in [5.74, 6) is -0.296. The number of aryl methyl sites for hydroxylation is 3. The third-order valence-electron chi connectivity index (χ3n) is 2.91. The van der Waals surface area contributed by atoms with Gasteiger partial charge in [-0.1, -0.05) is 6.07 Å². The lowest BCUT2D eigenvalue weighted by Crippen LogP contribution is -2.06. The molecule has 2 aromatic rings. The van der Waals surface area contributed by atoms with Crippen molar-refractivity contribution in [2.45, 2.75) is 13.8 Å². The first-order valence-electron chi connectivity index (χ1n) is 5.19. The number of hydrogen-bond acceptors (Lipinski definition) is 2. The quantitative estimate of drug-likeness (QED) is 0.687. The fourth-order valence-electron chi connectivity index (χ4n) is 2.09. The molecule has 2 rings (SSSR count). The summed E-state index contributed by atoms with van der Waals surface area (Å²) in [6.45, 7) is 4.10. The first-order valence-corrected chi connectivity index (χ1v) is 5.19. The molecule has 0 fully saturated rings. The topological polar surface area (TPSA) is 31.2 Å². The zero-order chi connectivity index (χ0) is 11.9. The van der Waals surface area contributed by atoms with E-state index in [1.165, 1.54) is 18.2 Å². The molecule has 1 heterocycles. The SMILES string of the molecule is COC(=O)c1cc2c(C)cc(C)cc2n1C. The van der Waals surface area contributed by atoms with E-state index in [0.717, 1.165) is 10.9 Å². The van der Waals surface area contributed by atoms with E-state index in [1.54, 1.807) is 0 Å². The summed E-state index contributed by atoms with van der Waals surface area (Å²) < 4.78 is 6.63. The number of ether oxygens (including phenoxy) is 1. The Hall–Kier alpha value is -1.77. The van der Waals surface area contributed by atoms with E-state index in [-0.39, 0.29) is 5.97 Å². The highest BCUT2D eigenvalue weighted by atomic mass is 16.5. The molecular formula is C13H15NO2. The summed E-state index contributed by atoms with van der Waals surface area (Å²) in [6, 6.07) is 6.08. The van der Waals surface area contributed by atoms with Crippen molar-refractivity contribution in [3.05, 3.63) is 35.0 Å². The van der Waals surface area contributed by atoms with Crippen molar-refractivity contribution >= 4 is 16.9 Å². The van der Waals surface area contributed by atoms with Gasteiger partial charge < -0.3 is 9.30 Å². The van der Waals surface area contributed by atoms with Crippen LogP contribution in [0.1, 0.15) is 21.6 Å². The first-order chi connectivity index (χ1) is 7.54. The lowest BCUT2D eigenvalue weighted by Gasteiger charge is -2.03. The van der Waals surface area contributed by atoms with Crippen molar-refractivity contribution in [1.29, 1.82) is 0 Å². The molecule has 0 saturated carbocycles. The minimum absolute atomic E-state index is 0.296. The van der Waals surface area contributed by atoms with Crippen molar-refractivity contribution in [2.75, 3.05) is 7.11 Å². The Kier molecular flexibility index (Phi) is 2.46. The first kappa shape index (κ1) is 10.7. The molecule has 0 atom stereocenters. The maximum Gasteiger partial charge on any atom is 0.354 e. The molecule has 0 unspecified atom stereocenters. The Bertz CT molecular complexity index is 567. The van der Waals surface area contributed by atoms with Crippen molar-refractivity contribution in [2.24, 2.45) is 7.05 Å². The van der Waals surface area contributed by atoms with E-state index < -0.39 is 0 Å². The second kappa shape index (κ2) is 3.67. The van der Waals surface area contributed by atoms with Gasteiger partial charge in [0.15, 0.2) is 0 Å². The molecule has 84 valence electrons. The Balaban J connectivity index is 2.77. The highest BCUT2D eigenvalue weighted by Gasteiger charge is 2.14. The Morgan fingerprint density at radius 2 is 1.94 bits per heavy atom. The summed E-state index contributed by atoms with van der Waals surface area (Å²) in [5, 5.41) is 1.11. The second-order valence-electron chi connectivity index (χ2n) is 4.09. The van der Waals surface area contributed by atoms with Gasteiger partial charge in [-0.25, -0.2) is 4.79 Å². The average Bonchev–Trinajstić information content (AvgIpc) is 2.56. The third kappa shape index (κ3) is 1.48. The summed E-state index contributed by atoms with van der Waals surface area (Å²) in [7, 11) is 3.28. The number of benzene rings is 1. The molecule has 3 heteroatoms. The Morgan fingerprint density at radius 3 is 2.56 bits per heavy atom.